The Labute approximate surface area is 166 Å². The molecule has 1 N–H and O–H groups in total. The Morgan fingerprint density at radius 3 is 2.64 bits per heavy atom. The Morgan fingerprint density at radius 1 is 1.25 bits per heavy atom. The van der Waals surface area contributed by atoms with E-state index in [0.29, 0.717) is 0 Å². The molecule has 1 aliphatic carbocycles. The van der Waals surface area contributed by atoms with E-state index in [9.17, 15) is 19.1 Å². The fraction of sp³-hybridized carbons (Fsp3) is 0.333. The summed E-state index contributed by atoms with van der Waals surface area (Å²) in [6.07, 6.45) is 3.67. The number of aliphatic hydroxyl groups is 1. The lowest BCUT2D eigenvalue weighted by atomic mass is 9.98. The van der Waals surface area contributed by atoms with E-state index in [0.717, 1.165) is 36.6 Å². The number of aliphatic hydroxyl groups excluding tert-OH is 1. The van der Waals surface area contributed by atoms with Crippen LogP contribution in [-0.2, 0) is 9.59 Å². The molecule has 1 atom stereocenters. The number of ether oxygens (including phenoxy) is 1. The molecular formula is C21H20FNO4S. The molecule has 5 nitrogen and oxygen atoms in total. The lowest BCUT2D eigenvalue weighted by molar-refractivity contribution is -0.141. The Morgan fingerprint density at radius 2 is 2.00 bits per heavy atom. The van der Waals surface area contributed by atoms with Crippen LogP contribution in [0.5, 0.6) is 5.75 Å². The van der Waals surface area contributed by atoms with Crippen LogP contribution in [0.3, 0.4) is 0 Å². The summed E-state index contributed by atoms with van der Waals surface area (Å²) in [5.41, 5.74) is 0.0525. The van der Waals surface area contributed by atoms with Crippen LogP contribution in [0, 0.1) is 5.82 Å². The number of benzene rings is 1. The summed E-state index contributed by atoms with van der Waals surface area (Å²) in [6, 6.07) is 6.69. The first-order chi connectivity index (χ1) is 13.5. The normalized spacial score (nSPS) is 22.2. The van der Waals surface area contributed by atoms with Crippen LogP contribution in [0.25, 0.3) is 5.76 Å². The number of thiophene rings is 1. The first-order valence-corrected chi connectivity index (χ1v) is 10.1. The number of halogens is 1. The molecule has 0 spiro atoms. The van der Waals surface area contributed by atoms with Gasteiger partial charge in [-0.25, -0.2) is 4.39 Å². The monoisotopic (exact) mass is 401 g/mol. The summed E-state index contributed by atoms with van der Waals surface area (Å²) in [5.74, 6) is -2.10. The molecule has 1 aromatic heterocycles. The van der Waals surface area contributed by atoms with Crippen molar-refractivity contribution < 1.29 is 23.8 Å². The summed E-state index contributed by atoms with van der Waals surface area (Å²) < 4.78 is 19.1. The third-order valence-corrected chi connectivity index (χ3v) is 6.35. The van der Waals surface area contributed by atoms with Crippen LogP contribution in [0.15, 0.2) is 41.3 Å². The molecule has 0 bridgehead atoms. The van der Waals surface area contributed by atoms with Gasteiger partial charge in [0, 0.05) is 10.9 Å². The maximum absolute atomic E-state index is 13.8. The molecule has 1 saturated heterocycles. The fourth-order valence-corrected chi connectivity index (χ4v) is 4.98. The highest BCUT2D eigenvalue weighted by Crippen LogP contribution is 2.45. The van der Waals surface area contributed by atoms with E-state index < -0.39 is 29.3 Å². The minimum Gasteiger partial charge on any atom is -0.507 e. The van der Waals surface area contributed by atoms with E-state index in [1.165, 1.54) is 30.6 Å². The number of hydrogen-bond donors (Lipinski definition) is 1. The number of carbonyl (C=O) groups is 2. The number of hydrogen-bond acceptors (Lipinski definition) is 5. The van der Waals surface area contributed by atoms with Crippen LogP contribution < -0.4 is 4.74 Å². The maximum Gasteiger partial charge on any atom is 0.295 e. The highest BCUT2D eigenvalue weighted by Gasteiger charge is 2.49. The van der Waals surface area contributed by atoms with Crippen molar-refractivity contribution in [3.8, 4) is 5.75 Å². The maximum atomic E-state index is 13.8. The molecular weight excluding hydrogens is 381 g/mol. The summed E-state index contributed by atoms with van der Waals surface area (Å²) in [4.78, 5) is 28.2. The smallest absolute Gasteiger partial charge is 0.295 e. The highest BCUT2D eigenvalue weighted by molar-refractivity contribution is 7.10. The minimum absolute atomic E-state index is 0.0109. The van der Waals surface area contributed by atoms with Crippen molar-refractivity contribution in [3.05, 3.63) is 57.5 Å². The Balaban J connectivity index is 1.91. The predicted octanol–water partition coefficient (Wildman–Crippen LogP) is 4.26. The van der Waals surface area contributed by atoms with E-state index in [2.05, 4.69) is 0 Å². The number of Topliss-reactive ketones (excluding diaryl/α,β-unsaturated/α-hetero) is 1. The van der Waals surface area contributed by atoms with Gasteiger partial charge in [-0.05, 0) is 42.5 Å². The molecule has 2 aliphatic rings. The molecule has 1 aliphatic heterocycles. The van der Waals surface area contributed by atoms with E-state index in [-0.39, 0.29) is 22.9 Å². The van der Waals surface area contributed by atoms with Crippen molar-refractivity contribution >= 4 is 28.8 Å². The molecule has 7 heteroatoms. The molecule has 0 radical (unpaired) electrons. The topological polar surface area (TPSA) is 66.8 Å². The van der Waals surface area contributed by atoms with Gasteiger partial charge >= 0.3 is 0 Å². The van der Waals surface area contributed by atoms with Gasteiger partial charge < -0.3 is 14.7 Å². The summed E-state index contributed by atoms with van der Waals surface area (Å²) in [7, 11) is 1.40. The number of ketones is 1. The summed E-state index contributed by atoms with van der Waals surface area (Å²) >= 11 is 1.42. The molecule has 146 valence electrons. The van der Waals surface area contributed by atoms with E-state index >= 15 is 0 Å². The van der Waals surface area contributed by atoms with Gasteiger partial charge in [0.25, 0.3) is 11.7 Å². The minimum atomic E-state index is -0.742. The van der Waals surface area contributed by atoms with Gasteiger partial charge in [0.05, 0.1) is 24.3 Å². The third-order valence-electron chi connectivity index (χ3n) is 5.43. The van der Waals surface area contributed by atoms with Gasteiger partial charge in [-0.2, -0.15) is 0 Å². The number of methoxy groups -OCH3 is 1. The molecule has 28 heavy (non-hydrogen) atoms. The fourth-order valence-electron chi connectivity index (χ4n) is 4.15. The Kier molecular flexibility index (Phi) is 4.93. The van der Waals surface area contributed by atoms with Crippen LogP contribution in [0.1, 0.15) is 42.2 Å². The first kappa shape index (κ1) is 18.7. The second-order valence-electron chi connectivity index (χ2n) is 7.00. The SMILES string of the molecule is COc1ccc(F)cc1/C(O)=C1/C(=O)C(=O)N(C2CCCC2)C1c1cccs1. The second kappa shape index (κ2) is 7.39. The van der Waals surface area contributed by atoms with Gasteiger partial charge in [-0.15, -0.1) is 11.3 Å². The highest BCUT2D eigenvalue weighted by atomic mass is 32.1. The standard InChI is InChI=1S/C21H20FNO4S/c1-27-15-9-8-12(22)11-14(15)19(24)17-18(16-7-4-10-28-16)23(21(26)20(17)25)13-5-2-3-6-13/h4,7-11,13,18,24H,2-3,5-6H2,1H3/b19-17-. The van der Waals surface area contributed by atoms with E-state index in [1.54, 1.807) is 4.90 Å². The zero-order valence-corrected chi connectivity index (χ0v) is 16.2. The quantitative estimate of drug-likeness (QED) is 0.472. The number of carbonyl (C=O) groups excluding carboxylic acids is 2. The molecule has 1 amide bonds. The number of rotatable bonds is 4. The zero-order chi connectivity index (χ0) is 19.8. The summed E-state index contributed by atoms with van der Waals surface area (Å²) in [6.45, 7) is 0. The number of likely N-dealkylation sites (tertiary alicyclic amines) is 1. The van der Waals surface area contributed by atoms with Gasteiger partial charge in [-0.1, -0.05) is 18.9 Å². The van der Waals surface area contributed by atoms with Crippen LogP contribution in [0.2, 0.25) is 0 Å². The van der Waals surface area contributed by atoms with Crippen molar-refractivity contribution in [1.82, 2.24) is 4.90 Å². The van der Waals surface area contributed by atoms with Crippen molar-refractivity contribution in [3.63, 3.8) is 0 Å². The number of nitrogens with zero attached hydrogens (tertiary/aromatic N) is 1. The van der Waals surface area contributed by atoms with Crippen molar-refractivity contribution in [2.24, 2.45) is 0 Å². The summed E-state index contributed by atoms with van der Waals surface area (Å²) in [5, 5.41) is 12.9. The molecule has 2 fully saturated rings. The van der Waals surface area contributed by atoms with Crippen molar-refractivity contribution in [2.45, 2.75) is 37.8 Å². The van der Waals surface area contributed by atoms with Gasteiger partial charge in [-0.3, -0.25) is 9.59 Å². The first-order valence-electron chi connectivity index (χ1n) is 9.20. The van der Waals surface area contributed by atoms with Crippen molar-refractivity contribution in [2.75, 3.05) is 7.11 Å². The lowest BCUT2D eigenvalue weighted by Crippen LogP contribution is -2.37. The Hall–Kier alpha value is -2.67. The molecule has 1 saturated carbocycles. The zero-order valence-electron chi connectivity index (χ0n) is 15.4. The van der Waals surface area contributed by atoms with Gasteiger partial charge in [0.2, 0.25) is 0 Å². The van der Waals surface area contributed by atoms with Crippen LogP contribution >= 0.6 is 11.3 Å². The lowest BCUT2D eigenvalue weighted by Gasteiger charge is -2.29. The molecule has 2 aromatic rings. The number of amides is 1. The van der Waals surface area contributed by atoms with Crippen LogP contribution in [-0.4, -0.2) is 34.8 Å². The molecule has 1 unspecified atom stereocenters. The second-order valence-corrected chi connectivity index (χ2v) is 7.98. The Bertz CT molecular complexity index is 947. The average Bonchev–Trinajstić information content (AvgIpc) is 3.43. The van der Waals surface area contributed by atoms with E-state index in [4.69, 9.17) is 4.74 Å². The van der Waals surface area contributed by atoms with Gasteiger partial charge in [0.1, 0.15) is 17.3 Å². The average molecular weight is 401 g/mol. The molecule has 1 aromatic carbocycles. The predicted molar refractivity (Wildman–Crippen MR) is 104 cm³/mol. The largest absolute Gasteiger partial charge is 0.507 e. The third kappa shape index (κ3) is 2.99. The molecule has 4 rings (SSSR count). The van der Waals surface area contributed by atoms with Crippen molar-refractivity contribution in [1.29, 1.82) is 0 Å². The molecule has 2 heterocycles. The van der Waals surface area contributed by atoms with Crippen LogP contribution in [0.4, 0.5) is 4.39 Å². The van der Waals surface area contributed by atoms with Gasteiger partial charge in [0.15, 0.2) is 0 Å². The van der Waals surface area contributed by atoms with E-state index in [1.807, 2.05) is 17.5 Å².